The number of ether oxygens (including phenoxy) is 4. The Labute approximate surface area is 248 Å². The Morgan fingerprint density at radius 1 is 0.927 bits per heavy atom. The standard InChI is InChI=1S/C28H32N2O6S.C4H10/c1-18-5-8-22(33-2)17-23(18)19-6-9-20(10-7-19)36-21-13-15-30(16-14-21)37-25-12-11-24(34-3)27(35-4)26(25)28(31)29-32;1-3-4-2/h5-12,17,21,32H,13-16H2,1-4H3,(H,29,31);3-4H2,1-2H3. The zero-order chi connectivity index (χ0) is 29.8. The number of unbranched alkanes of at least 4 members (excludes halogenated alkanes) is 1. The summed E-state index contributed by atoms with van der Waals surface area (Å²) in [6.07, 6.45) is 4.43. The first kappa shape index (κ1) is 32.1. The maximum absolute atomic E-state index is 12.4. The second kappa shape index (κ2) is 16.1. The number of hydrogen-bond donors (Lipinski definition) is 2. The van der Waals surface area contributed by atoms with Gasteiger partial charge in [0, 0.05) is 18.0 Å². The summed E-state index contributed by atoms with van der Waals surface area (Å²) in [6, 6.07) is 17.8. The van der Waals surface area contributed by atoms with Crippen LogP contribution < -0.4 is 24.4 Å². The number of nitrogens with one attached hydrogen (secondary N) is 1. The third-order valence-corrected chi connectivity index (χ3v) is 8.04. The van der Waals surface area contributed by atoms with E-state index in [0.29, 0.717) is 10.6 Å². The Balaban J connectivity index is 0.00000108. The Morgan fingerprint density at radius 3 is 2.15 bits per heavy atom. The monoisotopic (exact) mass is 582 g/mol. The highest BCUT2D eigenvalue weighted by atomic mass is 32.2. The van der Waals surface area contributed by atoms with Crippen molar-refractivity contribution in [1.82, 2.24) is 9.79 Å². The van der Waals surface area contributed by atoms with Crippen LogP contribution >= 0.6 is 11.9 Å². The second-order valence-electron chi connectivity index (χ2n) is 9.66. The Kier molecular flexibility index (Phi) is 12.6. The van der Waals surface area contributed by atoms with Gasteiger partial charge < -0.3 is 18.9 Å². The van der Waals surface area contributed by atoms with Crippen LogP contribution in [-0.2, 0) is 0 Å². The van der Waals surface area contributed by atoms with Crippen LogP contribution in [0.3, 0.4) is 0 Å². The van der Waals surface area contributed by atoms with E-state index in [1.54, 1.807) is 24.7 Å². The van der Waals surface area contributed by atoms with E-state index in [1.807, 2.05) is 24.3 Å². The molecule has 0 radical (unpaired) electrons. The third-order valence-electron chi connectivity index (χ3n) is 6.88. The van der Waals surface area contributed by atoms with Crippen LogP contribution in [0.5, 0.6) is 23.0 Å². The van der Waals surface area contributed by atoms with Gasteiger partial charge in [0.05, 0.1) is 21.3 Å². The molecule has 9 heteroatoms. The number of nitrogens with zero attached hydrogens (tertiary/aromatic N) is 1. The maximum atomic E-state index is 12.4. The molecular weight excluding hydrogens is 540 g/mol. The van der Waals surface area contributed by atoms with Crippen LogP contribution in [0.4, 0.5) is 0 Å². The average molecular weight is 583 g/mol. The summed E-state index contributed by atoms with van der Waals surface area (Å²) in [5, 5.41) is 9.25. The summed E-state index contributed by atoms with van der Waals surface area (Å²) in [7, 11) is 4.64. The molecule has 1 fully saturated rings. The first-order chi connectivity index (χ1) is 19.9. The lowest BCUT2D eigenvalue weighted by Crippen LogP contribution is -2.34. The van der Waals surface area contributed by atoms with Gasteiger partial charge in [-0.3, -0.25) is 10.0 Å². The van der Waals surface area contributed by atoms with Crippen LogP contribution in [0.2, 0.25) is 0 Å². The van der Waals surface area contributed by atoms with Gasteiger partial charge in [0.2, 0.25) is 0 Å². The summed E-state index contributed by atoms with van der Waals surface area (Å²) in [5.41, 5.74) is 5.39. The van der Waals surface area contributed by atoms with E-state index in [1.165, 1.54) is 44.6 Å². The van der Waals surface area contributed by atoms with Crippen LogP contribution in [0.15, 0.2) is 59.5 Å². The molecule has 8 nitrogen and oxygen atoms in total. The van der Waals surface area contributed by atoms with Crippen LogP contribution in [-0.4, -0.2) is 55.9 Å². The average Bonchev–Trinajstić information content (AvgIpc) is 3.02. The fourth-order valence-corrected chi connectivity index (χ4v) is 5.46. The molecule has 3 aromatic carbocycles. The quantitative estimate of drug-likeness (QED) is 0.148. The molecule has 1 saturated heterocycles. The summed E-state index contributed by atoms with van der Waals surface area (Å²) in [4.78, 5) is 13.1. The van der Waals surface area contributed by atoms with Gasteiger partial charge in [-0.05, 0) is 84.8 Å². The van der Waals surface area contributed by atoms with Crippen molar-refractivity contribution in [2.45, 2.75) is 57.5 Å². The molecule has 0 bridgehead atoms. The van der Waals surface area contributed by atoms with Crippen molar-refractivity contribution in [3.8, 4) is 34.1 Å². The molecule has 1 aliphatic heterocycles. The predicted molar refractivity (Wildman–Crippen MR) is 164 cm³/mol. The van der Waals surface area contributed by atoms with Crippen molar-refractivity contribution in [3.05, 3.63) is 65.7 Å². The molecular formula is C32H42N2O6S. The molecule has 0 spiro atoms. The number of aryl methyl sites for hydroxylation is 1. The van der Waals surface area contributed by atoms with Gasteiger partial charge in [-0.2, -0.15) is 0 Å². The first-order valence-electron chi connectivity index (χ1n) is 13.9. The fourth-order valence-electron chi connectivity index (χ4n) is 4.38. The van der Waals surface area contributed by atoms with E-state index in [9.17, 15) is 10.0 Å². The first-order valence-corrected chi connectivity index (χ1v) is 14.7. The summed E-state index contributed by atoms with van der Waals surface area (Å²) in [6.45, 7) is 8.02. The lowest BCUT2D eigenvalue weighted by atomic mass is 10.0. The van der Waals surface area contributed by atoms with Crippen molar-refractivity contribution >= 4 is 17.9 Å². The van der Waals surface area contributed by atoms with E-state index in [2.05, 4.69) is 43.3 Å². The number of benzene rings is 3. The number of rotatable bonds is 10. The van der Waals surface area contributed by atoms with Gasteiger partial charge in [0.1, 0.15) is 23.2 Å². The zero-order valence-electron chi connectivity index (χ0n) is 24.9. The van der Waals surface area contributed by atoms with Gasteiger partial charge in [-0.25, -0.2) is 9.79 Å². The molecule has 0 unspecified atom stereocenters. The van der Waals surface area contributed by atoms with Gasteiger partial charge in [-0.1, -0.05) is 44.9 Å². The van der Waals surface area contributed by atoms with Gasteiger partial charge >= 0.3 is 0 Å². The lowest BCUT2D eigenvalue weighted by Gasteiger charge is -2.31. The topological polar surface area (TPSA) is 89.5 Å². The third kappa shape index (κ3) is 8.55. The molecule has 1 amide bonds. The fraction of sp³-hybridized carbons (Fsp3) is 0.406. The summed E-state index contributed by atoms with van der Waals surface area (Å²) in [5.74, 6) is 1.74. The van der Waals surface area contributed by atoms with Crippen molar-refractivity contribution < 1.29 is 28.9 Å². The Morgan fingerprint density at radius 2 is 1.59 bits per heavy atom. The highest BCUT2D eigenvalue weighted by molar-refractivity contribution is 7.97. The normalized spacial score (nSPS) is 13.5. The van der Waals surface area contributed by atoms with Gasteiger partial charge in [-0.15, -0.1) is 0 Å². The number of piperidine rings is 1. The van der Waals surface area contributed by atoms with Crippen molar-refractivity contribution in [1.29, 1.82) is 0 Å². The molecule has 1 heterocycles. The molecule has 222 valence electrons. The minimum absolute atomic E-state index is 0.104. The summed E-state index contributed by atoms with van der Waals surface area (Å²) < 4.78 is 24.5. The number of hydrogen-bond acceptors (Lipinski definition) is 8. The van der Waals surface area contributed by atoms with Gasteiger partial charge in [0.25, 0.3) is 5.91 Å². The smallest absolute Gasteiger partial charge is 0.279 e. The molecule has 0 aromatic heterocycles. The van der Waals surface area contributed by atoms with Crippen LogP contribution in [0.1, 0.15) is 55.5 Å². The van der Waals surface area contributed by atoms with Crippen molar-refractivity contribution in [3.63, 3.8) is 0 Å². The molecule has 0 saturated carbocycles. The minimum Gasteiger partial charge on any atom is -0.497 e. The van der Waals surface area contributed by atoms with Crippen molar-refractivity contribution in [2.75, 3.05) is 34.4 Å². The molecule has 4 rings (SSSR count). The highest BCUT2D eigenvalue weighted by Gasteiger charge is 2.26. The van der Waals surface area contributed by atoms with E-state index in [4.69, 9.17) is 18.9 Å². The van der Waals surface area contributed by atoms with E-state index < -0.39 is 5.91 Å². The largest absolute Gasteiger partial charge is 0.497 e. The van der Waals surface area contributed by atoms with E-state index >= 15 is 0 Å². The molecule has 0 atom stereocenters. The number of methoxy groups -OCH3 is 3. The summed E-state index contributed by atoms with van der Waals surface area (Å²) >= 11 is 1.46. The number of carbonyl (C=O) groups excluding carboxylic acids is 1. The molecule has 41 heavy (non-hydrogen) atoms. The minimum atomic E-state index is -0.649. The number of carbonyl (C=O) groups is 1. The van der Waals surface area contributed by atoms with Crippen molar-refractivity contribution in [2.24, 2.45) is 0 Å². The van der Waals surface area contributed by atoms with Crippen LogP contribution in [0, 0.1) is 6.92 Å². The second-order valence-corrected chi connectivity index (χ2v) is 10.8. The molecule has 3 aromatic rings. The molecule has 0 aliphatic carbocycles. The molecule has 1 aliphatic rings. The maximum Gasteiger partial charge on any atom is 0.279 e. The Hall–Kier alpha value is -3.40. The van der Waals surface area contributed by atoms with E-state index in [0.717, 1.165) is 48.6 Å². The number of hydroxylamine groups is 1. The van der Waals surface area contributed by atoms with E-state index in [-0.39, 0.29) is 17.4 Å². The number of amides is 1. The SMILES string of the molecule is CCCC.COc1ccc(C)c(-c2ccc(OC3CCN(Sc4ccc(OC)c(OC)c4C(=O)NO)CC3)cc2)c1. The predicted octanol–water partition coefficient (Wildman–Crippen LogP) is 7.16. The van der Waals surface area contributed by atoms with Crippen LogP contribution in [0.25, 0.3) is 11.1 Å². The molecule has 2 N–H and O–H groups in total. The van der Waals surface area contributed by atoms with Gasteiger partial charge in [0.15, 0.2) is 11.5 Å². The Bertz CT molecular complexity index is 1260. The zero-order valence-corrected chi connectivity index (χ0v) is 25.7. The highest BCUT2D eigenvalue weighted by Crippen LogP contribution is 2.39. The lowest BCUT2D eigenvalue weighted by molar-refractivity contribution is 0.0698.